The van der Waals surface area contributed by atoms with Crippen LogP contribution in [0.15, 0.2) is 54.6 Å². The standard InChI is InChI=1S/C19H18Cl2N2O/c20-16-10-17(21)12-18(11-16)22-19(24)13-23-8-6-15(7-9-23)14-4-2-1-3-5-14/h1-6,10-12H,7-9,13H2,(H,22,24)/p+1. The number of benzene rings is 2. The normalized spacial score (nSPS) is 17.2. The third kappa shape index (κ3) is 4.60. The highest BCUT2D eigenvalue weighted by atomic mass is 35.5. The van der Waals surface area contributed by atoms with Gasteiger partial charge in [0.1, 0.15) is 0 Å². The predicted molar refractivity (Wildman–Crippen MR) is 99.7 cm³/mol. The molecule has 24 heavy (non-hydrogen) atoms. The van der Waals surface area contributed by atoms with Crippen LogP contribution in [0.25, 0.3) is 5.57 Å². The molecule has 5 heteroatoms. The van der Waals surface area contributed by atoms with Crippen molar-refractivity contribution in [3.63, 3.8) is 0 Å². The number of halogens is 2. The Morgan fingerprint density at radius 3 is 2.42 bits per heavy atom. The summed E-state index contributed by atoms with van der Waals surface area (Å²) in [4.78, 5) is 13.5. The Morgan fingerprint density at radius 1 is 1.08 bits per heavy atom. The molecule has 1 atom stereocenters. The van der Waals surface area contributed by atoms with Crippen LogP contribution in [0.1, 0.15) is 12.0 Å². The van der Waals surface area contributed by atoms with E-state index in [9.17, 15) is 4.79 Å². The third-order valence-corrected chi connectivity index (χ3v) is 4.52. The van der Waals surface area contributed by atoms with Crippen LogP contribution in [0, 0.1) is 0 Å². The Bertz CT molecular complexity index is 739. The van der Waals surface area contributed by atoms with E-state index in [2.05, 4.69) is 35.7 Å². The lowest BCUT2D eigenvalue weighted by atomic mass is 10.00. The minimum atomic E-state index is -0.0279. The first kappa shape index (κ1) is 17.0. The largest absolute Gasteiger partial charge is 0.324 e. The molecule has 2 N–H and O–H groups in total. The van der Waals surface area contributed by atoms with Gasteiger partial charge in [-0.05, 0) is 35.4 Å². The second-order valence-corrected chi connectivity index (χ2v) is 6.81. The Morgan fingerprint density at radius 2 is 1.79 bits per heavy atom. The van der Waals surface area contributed by atoms with Crippen molar-refractivity contribution in [2.24, 2.45) is 0 Å². The SMILES string of the molecule is O=C(C[NH+]1CC=C(c2ccccc2)CC1)Nc1cc(Cl)cc(Cl)c1. The molecule has 0 aliphatic carbocycles. The highest BCUT2D eigenvalue weighted by Crippen LogP contribution is 2.22. The van der Waals surface area contributed by atoms with E-state index in [0.717, 1.165) is 19.5 Å². The molecule has 124 valence electrons. The maximum atomic E-state index is 12.2. The van der Waals surface area contributed by atoms with Crippen LogP contribution in [-0.4, -0.2) is 25.5 Å². The number of hydrogen-bond acceptors (Lipinski definition) is 1. The molecular formula is C19H19Cl2N2O+. The highest BCUT2D eigenvalue weighted by molar-refractivity contribution is 6.35. The van der Waals surface area contributed by atoms with Crippen molar-refractivity contribution in [1.82, 2.24) is 0 Å². The van der Waals surface area contributed by atoms with Crippen molar-refractivity contribution in [1.29, 1.82) is 0 Å². The van der Waals surface area contributed by atoms with Crippen LogP contribution in [0.2, 0.25) is 10.0 Å². The number of carbonyl (C=O) groups is 1. The van der Waals surface area contributed by atoms with E-state index in [-0.39, 0.29) is 5.91 Å². The molecule has 1 aliphatic rings. The number of rotatable bonds is 4. The average Bonchev–Trinajstić information content (AvgIpc) is 2.55. The molecule has 0 bridgehead atoms. The molecule has 0 saturated carbocycles. The molecule has 1 unspecified atom stereocenters. The van der Waals surface area contributed by atoms with Gasteiger partial charge in [-0.2, -0.15) is 0 Å². The monoisotopic (exact) mass is 361 g/mol. The summed E-state index contributed by atoms with van der Waals surface area (Å²) in [6.07, 6.45) is 3.22. The van der Waals surface area contributed by atoms with Gasteiger partial charge in [0.2, 0.25) is 0 Å². The Labute approximate surface area is 151 Å². The molecule has 1 amide bonds. The molecule has 2 aromatic carbocycles. The van der Waals surface area contributed by atoms with E-state index in [0.29, 0.717) is 22.3 Å². The Kier molecular flexibility index (Phi) is 5.56. The van der Waals surface area contributed by atoms with Crippen LogP contribution in [0.3, 0.4) is 0 Å². The summed E-state index contributed by atoms with van der Waals surface area (Å²) in [7, 11) is 0. The topological polar surface area (TPSA) is 33.5 Å². The van der Waals surface area contributed by atoms with Gasteiger partial charge in [0.25, 0.3) is 5.91 Å². The third-order valence-electron chi connectivity index (χ3n) is 4.09. The van der Waals surface area contributed by atoms with Crippen LogP contribution < -0.4 is 10.2 Å². The van der Waals surface area contributed by atoms with Crippen molar-refractivity contribution >= 4 is 40.4 Å². The molecule has 1 heterocycles. The quantitative estimate of drug-likeness (QED) is 0.860. The fourth-order valence-corrected chi connectivity index (χ4v) is 3.44. The van der Waals surface area contributed by atoms with Gasteiger partial charge in [0.15, 0.2) is 6.54 Å². The Hall–Kier alpha value is -1.81. The summed E-state index contributed by atoms with van der Waals surface area (Å²) in [5.74, 6) is -0.0279. The van der Waals surface area contributed by atoms with Gasteiger partial charge in [-0.15, -0.1) is 0 Å². The van der Waals surface area contributed by atoms with E-state index >= 15 is 0 Å². The first-order chi connectivity index (χ1) is 11.6. The number of anilines is 1. The fraction of sp³-hybridized carbons (Fsp3) is 0.211. The van der Waals surface area contributed by atoms with Gasteiger partial charge in [0.05, 0.1) is 13.1 Å². The first-order valence-corrected chi connectivity index (χ1v) is 8.70. The van der Waals surface area contributed by atoms with Crippen LogP contribution >= 0.6 is 23.2 Å². The molecule has 0 radical (unpaired) electrons. The lowest BCUT2D eigenvalue weighted by Gasteiger charge is -2.23. The summed E-state index contributed by atoms with van der Waals surface area (Å²) < 4.78 is 0. The van der Waals surface area contributed by atoms with Gasteiger partial charge in [0, 0.05) is 22.2 Å². The molecular weight excluding hydrogens is 343 g/mol. The van der Waals surface area contributed by atoms with Crippen LogP contribution in [0.4, 0.5) is 5.69 Å². The zero-order chi connectivity index (χ0) is 16.9. The summed E-state index contributed by atoms with van der Waals surface area (Å²) in [6.45, 7) is 2.24. The number of nitrogens with one attached hydrogen (secondary N) is 2. The molecule has 0 fully saturated rings. The minimum Gasteiger partial charge on any atom is -0.324 e. The molecule has 3 rings (SSSR count). The number of hydrogen-bond donors (Lipinski definition) is 2. The summed E-state index contributed by atoms with van der Waals surface area (Å²) in [5, 5.41) is 3.89. The summed E-state index contributed by atoms with van der Waals surface area (Å²) in [5.41, 5.74) is 3.27. The number of quaternary nitrogens is 1. The second kappa shape index (κ2) is 7.84. The van der Waals surface area contributed by atoms with E-state index in [1.807, 2.05) is 6.07 Å². The van der Waals surface area contributed by atoms with E-state index in [1.165, 1.54) is 16.0 Å². The molecule has 0 saturated heterocycles. The predicted octanol–water partition coefficient (Wildman–Crippen LogP) is 3.30. The van der Waals surface area contributed by atoms with Crippen molar-refractivity contribution < 1.29 is 9.69 Å². The average molecular weight is 362 g/mol. The van der Waals surface area contributed by atoms with Gasteiger partial charge >= 0.3 is 0 Å². The number of amides is 1. The molecule has 2 aromatic rings. The summed E-state index contributed by atoms with van der Waals surface area (Å²) >= 11 is 11.9. The summed E-state index contributed by atoms with van der Waals surface area (Å²) in [6, 6.07) is 15.4. The smallest absolute Gasteiger partial charge is 0.279 e. The highest BCUT2D eigenvalue weighted by Gasteiger charge is 2.19. The molecule has 1 aliphatic heterocycles. The zero-order valence-electron chi connectivity index (χ0n) is 13.2. The van der Waals surface area contributed by atoms with Crippen LogP contribution in [0.5, 0.6) is 0 Å². The maximum Gasteiger partial charge on any atom is 0.279 e. The van der Waals surface area contributed by atoms with E-state index in [1.54, 1.807) is 18.2 Å². The second-order valence-electron chi connectivity index (χ2n) is 5.93. The molecule has 3 nitrogen and oxygen atoms in total. The Balaban J connectivity index is 1.56. The minimum absolute atomic E-state index is 0.0279. The van der Waals surface area contributed by atoms with Crippen molar-refractivity contribution in [3.05, 3.63) is 70.2 Å². The maximum absolute atomic E-state index is 12.2. The zero-order valence-corrected chi connectivity index (χ0v) is 14.7. The number of carbonyl (C=O) groups excluding carboxylic acids is 1. The lowest BCUT2D eigenvalue weighted by Crippen LogP contribution is -3.13. The van der Waals surface area contributed by atoms with Gasteiger partial charge in [-0.1, -0.05) is 53.5 Å². The van der Waals surface area contributed by atoms with Crippen molar-refractivity contribution in [2.45, 2.75) is 6.42 Å². The molecule has 0 spiro atoms. The lowest BCUT2D eigenvalue weighted by molar-refractivity contribution is -0.886. The van der Waals surface area contributed by atoms with Gasteiger partial charge in [-0.25, -0.2) is 0 Å². The first-order valence-electron chi connectivity index (χ1n) is 7.94. The van der Waals surface area contributed by atoms with Crippen LogP contribution in [-0.2, 0) is 4.79 Å². The fourth-order valence-electron chi connectivity index (χ4n) is 2.92. The molecule has 0 aromatic heterocycles. The van der Waals surface area contributed by atoms with Crippen molar-refractivity contribution in [3.8, 4) is 0 Å². The van der Waals surface area contributed by atoms with E-state index < -0.39 is 0 Å². The van der Waals surface area contributed by atoms with Crippen molar-refractivity contribution in [2.75, 3.05) is 25.0 Å². The van der Waals surface area contributed by atoms with Gasteiger partial charge < -0.3 is 10.2 Å². The van der Waals surface area contributed by atoms with E-state index in [4.69, 9.17) is 23.2 Å². The van der Waals surface area contributed by atoms with Gasteiger partial charge in [-0.3, -0.25) is 4.79 Å².